The summed E-state index contributed by atoms with van der Waals surface area (Å²) in [5.74, 6) is 0.382. The van der Waals surface area contributed by atoms with Crippen LogP contribution in [-0.4, -0.2) is 12.5 Å². The van der Waals surface area contributed by atoms with Crippen molar-refractivity contribution in [3.05, 3.63) is 64.2 Å². The SMILES string of the molecule is Cc1cccc(C(C)C)c1NCC(=O)NCc1ccc(Cl)cc1. The predicted octanol–water partition coefficient (Wildman–Crippen LogP) is 4.50. The lowest BCUT2D eigenvalue weighted by molar-refractivity contribution is -0.119. The molecular weight excluding hydrogens is 308 g/mol. The number of carbonyl (C=O) groups excluding carboxylic acids is 1. The van der Waals surface area contributed by atoms with Crippen molar-refractivity contribution < 1.29 is 4.79 Å². The van der Waals surface area contributed by atoms with Crippen LogP contribution in [0.15, 0.2) is 42.5 Å². The molecule has 2 N–H and O–H groups in total. The van der Waals surface area contributed by atoms with Gasteiger partial charge in [-0.1, -0.05) is 55.8 Å². The summed E-state index contributed by atoms with van der Waals surface area (Å²) >= 11 is 5.85. The van der Waals surface area contributed by atoms with Crippen LogP contribution in [0.2, 0.25) is 5.02 Å². The fourth-order valence-electron chi connectivity index (χ4n) is 2.45. The molecule has 0 saturated carbocycles. The van der Waals surface area contributed by atoms with Crippen molar-refractivity contribution in [2.45, 2.75) is 33.2 Å². The highest BCUT2D eigenvalue weighted by atomic mass is 35.5. The Morgan fingerprint density at radius 1 is 1.13 bits per heavy atom. The van der Waals surface area contributed by atoms with Crippen molar-refractivity contribution in [2.75, 3.05) is 11.9 Å². The number of halogens is 1. The molecule has 2 rings (SSSR count). The normalized spacial score (nSPS) is 10.7. The van der Waals surface area contributed by atoms with E-state index in [1.165, 1.54) is 5.56 Å². The lowest BCUT2D eigenvalue weighted by Crippen LogP contribution is -2.29. The van der Waals surface area contributed by atoms with E-state index in [0.29, 0.717) is 17.5 Å². The molecule has 2 aromatic carbocycles. The number of para-hydroxylation sites is 1. The molecule has 0 radical (unpaired) electrons. The molecule has 0 aromatic heterocycles. The minimum Gasteiger partial charge on any atom is -0.376 e. The van der Waals surface area contributed by atoms with E-state index in [9.17, 15) is 4.79 Å². The van der Waals surface area contributed by atoms with E-state index in [4.69, 9.17) is 11.6 Å². The fourth-order valence-corrected chi connectivity index (χ4v) is 2.57. The first-order valence-corrected chi connectivity index (χ1v) is 8.19. The molecule has 3 nitrogen and oxygen atoms in total. The first kappa shape index (κ1) is 17.4. The summed E-state index contributed by atoms with van der Waals surface area (Å²) in [4.78, 5) is 12.0. The van der Waals surface area contributed by atoms with Crippen molar-refractivity contribution in [3.63, 3.8) is 0 Å². The molecule has 0 aliphatic heterocycles. The van der Waals surface area contributed by atoms with E-state index < -0.39 is 0 Å². The zero-order valence-electron chi connectivity index (χ0n) is 13.8. The number of anilines is 1. The highest BCUT2D eigenvalue weighted by molar-refractivity contribution is 6.30. The highest BCUT2D eigenvalue weighted by Crippen LogP contribution is 2.27. The van der Waals surface area contributed by atoms with Gasteiger partial charge in [0.1, 0.15) is 0 Å². The van der Waals surface area contributed by atoms with Gasteiger partial charge in [0, 0.05) is 17.3 Å². The number of benzene rings is 2. The lowest BCUT2D eigenvalue weighted by Gasteiger charge is -2.17. The third-order valence-corrected chi connectivity index (χ3v) is 4.01. The number of rotatable bonds is 6. The van der Waals surface area contributed by atoms with Crippen LogP contribution in [0.25, 0.3) is 0 Å². The Bertz CT molecular complexity index is 666. The van der Waals surface area contributed by atoms with Crippen LogP contribution >= 0.6 is 11.6 Å². The van der Waals surface area contributed by atoms with E-state index in [-0.39, 0.29) is 12.5 Å². The number of carbonyl (C=O) groups is 1. The molecule has 23 heavy (non-hydrogen) atoms. The van der Waals surface area contributed by atoms with Crippen LogP contribution in [0.4, 0.5) is 5.69 Å². The van der Waals surface area contributed by atoms with Gasteiger partial charge >= 0.3 is 0 Å². The van der Waals surface area contributed by atoms with Gasteiger partial charge in [0.25, 0.3) is 0 Å². The van der Waals surface area contributed by atoms with Crippen molar-refractivity contribution in [2.24, 2.45) is 0 Å². The summed E-state index contributed by atoms with van der Waals surface area (Å²) in [5.41, 5.74) is 4.47. The Labute approximate surface area is 143 Å². The molecule has 0 heterocycles. The van der Waals surface area contributed by atoms with E-state index >= 15 is 0 Å². The van der Waals surface area contributed by atoms with Gasteiger partial charge < -0.3 is 10.6 Å². The summed E-state index contributed by atoms with van der Waals surface area (Å²) < 4.78 is 0. The molecule has 0 unspecified atom stereocenters. The maximum Gasteiger partial charge on any atom is 0.239 e. The molecule has 0 atom stereocenters. The van der Waals surface area contributed by atoms with Gasteiger partial charge in [-0.25, -0.2) is 0 Å². The molecule has 122 valence electrons. The summed E-state index contributed by atoms with van der Waals surface area (Å²) in [7, 11) is 0. The summed E-state index contributed by atoms with van der Waals surface area (Å²) in [6.07, 6.45) is 0. The molecule has 0 aliphatic rings. The maximum absolute atomic E-state index is 12.0. The molecular formula is C19H23ClN2O. The Morgan fingerprint density at radius 3 is 2.48 bits per heavy atom. The topological polar surface area (TPSA) is 41.1 Å². The summed E-state index contributed by atoms with van der Waals surface area (Å²) in [6.45, 7) is 7.13. The molecule has 0 aliphatic carbocycles. The first-order chi connectivity index (χ1) is 11.0. The zero-order chi connectivity index (χ0) is 16.8. The minimum absolute atomic E-state index is 0.0297. The third-order valence-electron chi connectivity index (χ3n) is 3.76. The molecule has 4 heteroatoms. The average molecular weight is 331 g/mol. The monoisotopic (exact) mass is 330 g/mol. The number of aryl methyl sites for hydroxylation is 1. The van der Waals surface area contributed by atoms with Crippen molar-refractivity contribution in [1.29, 1.82) is 0 Å². The second-order valence-electron chi connectivity index (χ2n) is 5.95. The second-order valence-corrected chi connectivity index (χ2v) is 6.39. The Hall–Kier alpha value is -2.00. The zero-order valence-corrected chi connectivity index (χ0v) is 14.6. The smallest absolute Gasteiger partial charge is 0.239 e. The number of hydrogen-bond acceptors (Lipinski definition) is 2. The summed E-state index contributed by atoms with van der Waals surface area (Å²) in [5, 5.41) is 6.88. The lowest BCUT2D eigenvalue weighted by atomic mass is 9.98. The van der Waals surface area contributed by atoms with Gasteiger partial charge in [-0.15, -0.1) is 0 Å². The van der Waals surface area contributed by atoms with Gasteiger partial charge in [0.05, 0.1) is 6.54 Å². The Kier molecular flexibility index (Phi) is 6.05. The Balaban J connectivity index is 1.91. The molecule has 0 fully saturated rings. The number of hydrogen-bond donors (Lipinski definition) is 2. The van der Waals surface area contributed by atoms with Crippen LogP contribution in [0.1, 0.15) is 36.5 Å². The van der Waals surface area contributed by atoms with Gasteiger partial charge in [0.15, 0.2) is 0 Å². The Morgan fingerprint density at radius 2 is 1.83 bits per heavy atom. The van der Waals surface area contributed by atoms with Crippen molar-refractivity contribution in [1.82, 2.24) is 5.32 Å². The number of amides is 1. The van der Waals surface area contributed by atoms with Gasteiger partial charge in [-0.2, -0.15) is 0 Å². The van der Waals surface area contributed by atoms with Crippen molar-refractivity contribution >= 4 is 23.2 Å². The van der Waals surface area contributed by atoms with Crippen LogP contribution < -0.4 is 10.6 Å². The average Bonchev–Trinajstić information content (AvgIpc) is 2.52. The molecule has 1 amide bonds. The predicted molar refractivity (Wildman–Crippen MR) is 97.1 cm³/mol. The standard InChI is InChI=1S/C19H23ClN2O/c1-13(2)17-6-4-5-14(3)19(17)22-12-18(23)21-11-15-7-9-16(20)10-8-15/h4-10,13,22H,11-12H2,1-3H3,(H,21,23). The van der Waals surface area contributed by atoms with Gasteiger partial charge in [-0.05, 0) is 41.7 Å². The third kappa shape index (κ3) is 5.00. The quantitative estimate of drug-likeness (QED) is 0.818. The summed E-state index contributed by atoms with van der Waals surface area (Å²) in [6, 6.07) is 13.7. The van der Waals surface area contributed by atoms with E-state index in [0.717, 1.165) is 16.8 Å². The molecule has 0 bridgehead atoms. The van der Waals surface area contributed by atoms with E-state index in [1.807, 2.05) is 24.3 Å². The van der Waals surface area contributed by atoms with Gasteiger partial charge in [-0.3, -0.25) is 4.79 Å². The molecule has 0 spiro atoms. The first-order valence-electron chi connectivity index (χ1n) is 7.82. The van der Waals surface area contributed by atoms with Gasteiger partial charge in [0.2, 0.25) is 5.91 Å². The highest BCUT2D eigenvalue weighted by Gasteiger charge is 2.10. The largest absolute Gasteiger partial charge is 0.376 e. The molecule has 0 saturated heterocycles. The number of nitrogens with one attached hydrogen (secondary N) is 2. The van der Waals surface area contributed by atoms with Crippen LogP contribution in [0, 0.1) is 6.92 Å². The second kappa shape index (κ2) is 8.02. The van der Waals surface area contributed by atoms with Crippen LogP contribution in [-0.2, 0) is 11.3 Å². The molecule has 2 aromatic rings. The fraction of sp³-hybridized carbons (Fsp3) is 0.316. The minimum atomic E-state index is -0.0297. The maximum atomic E-state index is 12.0. The van der Waals surface area contributed by atoms with Crippen LogP contribution in [0.5, 0.6) is 0 Å². The van der Waals surface area contributed by atoms with Crippen LogP contribution in [0.3, 0.4) is 0 Å². The van der Waals surface area contributed by atoms with E-state index in [1.54, 1.807) is 0 Å². The van der Waals surface area contributed by atoms with E-state index in [2.05, 4.69) is 49.6 Å². The van der Waals surface area contributed by atoms with Crippen molar-refractivity contribution in [3.8, 4) is 0 Å².